The lowest BCUT2D eigenvalue weighted by Gasteiger charge is -2.52. The Morgan fingerprint density at radius 1 is 1.07 bits per heavy atom. The van der Waals surface area contributed by atoms with Crippen LogP contribution >= 0.6 is 0 Å². The number of carbonyl (C=O) groups is 2. The summed E-state index contributed by atoms with van der Waals surface area (Å²) in [5, 5.41) is 0. The number of nitrogens with zero attached hydrogens (tertiary/aromatic N) is 2. The molecule has 2 amide bonds. The monoisotopic (exact) mass is 384 g/mol. The lowest BCUT2D eigenvalue weighted by molar-refractivity contribution is -0.148. The third-order valence-electron chi connectivity index (χ3n) is 6.70. The maximum Gasteiger partial charge on any atom is 0.227 e. The highest BCUT2D eigenvalue weighted by atomic mass is 16.5. The van der Waals surface area contributed by atoms with Gasteiger partial charge in [-0.05, 0) is 48.8 Å². The van der Waals surface area contributed by atoms with Gasteiger partial charge in [0.05, 0.1) is 19.6 Å². The summed E-state index contributed by atoms with van der Waals surface area (Å²) in [5.41, 5.74) is 0.972. The molecule has 3 fully saturated rings. The molecule has 0 radical (unpaired) electrons. The fraction of sp³-hybridized carbons (Fsp3) is 0.636. The van der Waals surface area contributed by atoms with Gasteiger partial charge in [-0.1, -0.05) is 6.07 Å². The molecular formula is C22H28N2O4. The van der Waals surface area contributed by atoms with E-state index in [2.05, 4.69) is 4.90 Å². The molecule has 0 aliphatic carbocycles. The second kappa shape index (κ2) is 7.30. The Morgan fingerprint density at radius 3 is 2.82 bits per heavy atom. The number of benzene rings is 1. The minimum Gasteiger partial charge on any atom is -0.490 e. The summed E-state index contributed by atoms with van der Waals surface area (Å²) in [6.45, 7) is 3.71. The molecule has 4 aliphatic rings. The quantitative estimate of drug-likeness (QED) is 0.785. The van der Waals surface area contributed by atoms with E-state index in [1.54, 1.807) is 0 Å². The summed E-state index contributed by atoms with van der Waals surface area (Å²) in [6.07, 6.45) is 5.20. The molecule has 4 aliphatic heterocycles. The zero-order valence-electron chi connectivity index (χ0n) is 16.3. The highest BCUT2D eigenvalue weighted by Crippen LogP contribution is 2.38. The van der Waals surface area contributed by atoms with Crippen molar-refractivity contribution in [2.75, 3.05) is 32.8 Å². The molecule has 0 spiro atoms. The summed E-state index contributed by atoms with van der Waals surface area (Å²) < 4.78 is 11.4. The normalized spacial score (nSPS) is 29.1. The van der Waals surface area contributed by atoms with E-state index in [0.717, 1.165) is 62.4 Å². The number of carbonyl (C=O) groups excluding carboxylic acids is 2. The van der Waals surface area contributed by atoms with E-state index < -0.39 is 0 Å². The van der Waals surface area contributed by atoms with Crippen LogP contribution < -0.4 is 9.47 Å². The van der Waals surface area contributed by atoms with Crippen LogP contribution in [-0.2, 0) is 16.0 Å². The number of hydrogen-bond acceptors (Lipinski definition) is 4. The minimum atomic E-state index is 0.180. The molecule has 2 bridgehead atoms. The van der Waals surface area contributed by atoms with Gasteiger partial charge in [0.2, 0.25) is 11.8 Å². The van der Waals surface area contributed by atoms with Crippen LogP contribution in [0.5, 0.6) is 11.5 Å². The number of rotatable bonds is 2. The zero-order chi connectivity index (χ0) is 19.1. The van der Waals surface area contributed by atoms with Crippen molar-refractivity contribution >= 4 is 11.8 Å². The molecular weight excluding hydrogens is 356 g/mol. The Balaban J connectivity index is 1.27. The summed E-state index contributed by atoms with van der Waals surface area (Å²) in [6, 6.07) is 6.17. The van der Waals surface area contributed by atoms with Crippen LogP contribution in [0, 0.1) is 11.8 Å². The van der Waals surface area contributed by atoms with Crippen molar-refractivity contribution < 1.29 is 19.1 Å². The second-order valence-electron chi connectivity index (χ2n) is 8.67. The average Bonchev–Trinajstić information content (AvgIpc) is 2.94. The van der Waals surface area contributed by atoms with Crippen LogP contribution in [0.3, 0.4) is 0 Å². The largest absolute Gasteiger partial charge is 0.490 e. The number of likely N-dealkylation sites (tertiary alicyclic amines) is 1. The van der Waals surface area contributed by atoms with E-state index in [0.29, 0.717) is 49.8 Å². The Morgan fingerprint density at radius 2 is 1.93 bits per heavy atom. The van der Waals surface area contributed by atoms with Gasteiger partial charge in [0, 0.05) is 38.5 Å². The number of hydrogen-bond donors (Lipinski definition) is 0. The third kappa shape index (κ3) is 3.33. The van der Waals surface area contributed by atoms with Gasteiger partial charge in [-0.15, -0.1) is 0 Å². The number of fused-ring (bicyclic) bond motifs is 5. The molecule has 6 heteroatoms. The van der Waals surface area contributed by atoms with Gasteiger partial charge in [0.25, 0.3) is 0 Å². The Hall–Kier alpha value is -2.24. The van der Waals surface area contributed by atoms with Crippen LogP contribution in [0.15, 0.2) is 18.2 Å². The molecule has 1 aromatic rings. The summed E-state index contributed by atoms with van der Waals surface area (Å²) in [5.74, 6) is 2.87. The highest BCUT2D eigenvalue weighted by molar-refractivity contribution is 5.80. The van der Waals surface area contributed by atoms with Gasteiger partial charge >= 0.3 is 0 Å². The van der Waals surface area contributed by atoms with Gasteiger partial charge in [0.15, 0.2) is 11.5 Å². The van der Waals surface area contributed by atoms with Gasteiger partial charge in [-0.25, -0.2) is 0 Å². The van der Waals surface area contributed by atoms with Gasteiger partial charge in [0.1, 0.15) is 0 Å². The lowest BCUT2D eigenvalue weighted by Crippen LogP contribution is -2.61. The molecule has 6 nitrogen and oxygen atoms in total. The van der Waals surface area contributed by atoms with E-state index in [-0.39, 0.29) is 5.91 Å². The van der Waals surface area contributed by atoms with Gasteiger partial charge < -0.3 is 19.3 Å². The van der Waals surface area contributed by atoms with E-state index in [1.165, 1.54) is 0 Å². The maximum absolute atomic E-state index is 13.0. The van der Waals surface area contributed by atoms with Crippen molar-refractivity contribution in [2.45, 2.75) is 44.6 Å². The smallest absolute Gasteiger partial charge is 0.227 e. The van der Waals surface area contributed by atoms with Crippen LogP contribution in [0.4, 0.5) is 0 Å². The lowest BCUT2D eigenvalue weighted by atomic mass is 9.76. The second-order valence-corrected chi connectivity index (χ2v) is 8.67. The number of ether oxygens (including phenoxy) is 2. The summed E-state index contributed by atoms with van der Waals surface area (Å²) in [7, 11) is 0. The highest BCUT2D eigenvalue weighted by Gasteiger charge is 2.44. The molecule has 1 aromatic carbocycles. The summed E-state index contributed by atoms with van der Waals surface area (Å²) in [4.78, 5) is 29.5. The van der Waals surface area contributed by atoms with Crippen molar-refractivity contribution in [3.05, 3.63) is 23.8 Å². The Bertz CT molecular complexity index is 780. The predicted octanol–water partition coefficient (Wildman–Crippen LogP) is 2.25. The van der Waals surface area contributed by atoms with Crippen LogP contribution in [0.2, 0.25) is 0 Å². The van der Waals surface area contributed by atoms with Crippen molar-refractivity contribution in [1.29, 1.82) is 0 Å². The molecule has 0 aromatic heterocycles. The first-order chi connectivity index (χ1) is 13.7. The molecule has 28 heavy (non-hydrogen) atoms. The van der Waals surface area contributed by atoms with Crippen LogP contribution in [-0.4, -0.2) is 60.5 Å². The van der Waals surface area contributed by atoms with Gasteiger partial charge in [-0.2, -0.15) is 0 Å². The van der Waals surface area contributed by atoms with Gasteiger partial charge in [-0.3, -0.25) is 9.59 Å². The van der Waals surface area contributed by atoms with E-state index in [4.69, 9.17) is 9.47 Å². The molecule has 0 saturated carbocycles. The third-order valence-corrected chi connectivity index (χ3v) is 6.70. The molecule has 5 rings (SSSR count). The van der Waals surface area contributed by atoms with Crippen molar-refractivity contribution in [1.82, 2.24) is 9.80 Å². The maximum atomic E-state index is 13.0. The molecule has 150 valence electrons. The van der Waals surface area contributed by atoms with E-state index >= 15 is 0 Å². The SMILES string of the molecule is O=C(Cc1ccc2c(c1)OCCCO2)N1CC2CC(C1)C1CCCC(=O)N1C2. The van der Waals surface area contributed by atoms with E-state index in [9.17, 15) is 9.59 Å². The van der Waals surface area contributed by atoms with Crippen LogP contribution in [0.1, 0.15) is 37.7 Å². The molecule has 3 unspecified atom stereocenters. The molecule has 3 saturated heterocycles. The topological polar surface area (TPSA) is 59.1 Å². The standard InChI is InChI=1S/C22H28N2O4/c25-21-4-1-3-18-17-9-16(13-24(18)21)12-23(14-17)22(26)11-15-5-6-19-20(10-15)28-8-2-7-27-19/h5-6,10,16-18H,1-4,7-9,11-14H2. The Labute approximate surface area is 165 Å². The first kappa shape index (κ1) is 17.8. The first-order valence-corrected chi connectivity index (χ1v) is 10.6. The molecule has 4 heterocycles. The number of piperidine rings is 3. The predicted molar refractivity (Wildman–Crippen MR) is 103 cm³/mol. The minimum absolute atomic E-state index is 0.180. The van der Waals surface area contributed by atoms with Crippen molar-refractivity contribution in [3.8, 4) is 11.5 Å². The number of amides is 2. The molecule has 0 N–H and O–H groups in total. The van der Waals surface area contributed by atoms with Crippen molar-refractivity contribution in [2.24, 2.45) is 11.8 Å². The van der Waals surface area contributed by atoms with Crippen molar-refractivity contribution in [3.63, 3.8) is 0 Å². The van der Waals surface area contributed by atoms with Crippen LogP contribution in [0.25, 0.3) is 0 Å². The fourth-order valence-electron chi connectivity index (χ4n) is 5.42. The summed E-state index contributed by atoms with van der Waals surface area (Å²) >= 11 is 0. The first-order valence-electron chi connectivity index (χ1n) is 10.6. The Kier molecular flexibility index (Phi) is 4.65. The zero-order valence-corrected chi connectivity index (χ0v) is 16.3. The van der Waals surface area contributed by atoms with E-state index in [1.807, 2.05) is 23.1 Å². The fourth-order valence-corrected chi connectivity index (χ4v) is 5.42. The molecule has 3 atom stereocenters. The average molecular weight is 384 g/mol.